The lowest BCUT2D eigenvalue weighted by Crippen LogP contribution is -2.32. The summed E-state index contributed by atoms with van der Waals surface area (Å²) >= 11 is 13.6. The van der Waals surface area contributed by atoms with Crippen LogP contribution in [0.5, 0.6) is 0 Å². The maximum Gasteiger partial charge on any atom is 0.287 e. The summed E-state index contributed by atoms with van der Waals surface area (Å²) in [6.45, 7) is 0. The summed E-state index contributed by atoms with van der Waals surface area (Å²) in [4.78, 5) is 26.1. The molecule has 0 radical (unpaired) electrons. The number of halogens is 2. The maximum absolute atomic E-state index is 12.8. The van der Waals surface area contributed by atoms with Crippen LogP contribution in [0.3, 0.4) is 0 Å². The number of hydrogen-bond donors (Lipinski definition) is 2. The third kappa shape index (κ3) is 6.02. The minimum absolute atomic E-state index is 0.0570. The Labute approximate surface area is 209 Å². The number of carbonyl (C=O) groups is 2. The molecular formula is C25H17Cl2N3O3S. The van der Waals surface area contributed by atoms with Crippen molar-refractivity contribution in [3.05, 3.63) is 110 Å². The standard InChI is InChI=1S/C25H17Cl2N3O3S/c26-17-8-10-20(21(27)13-17)23-11-9-18(33-23)15-28-30-25(32)22(14-19-7-4-12-34-19)29-24(31)16-5-2-1-3-6-16/h1-15H,(H,29,31)(H,30,32). The van der Waals surface area contributed by atoms with Gasteiger partial charge < -0.3 is 9.73 Å². The minimum Gasteiger partial charge on any atom is -0.455 e. The van der Waals surface area contributed by atoms with E-state index >= 15 is 0 Å². The van der Waals surface area contributed by atoms with Crippen LogP contribution < -0.4 is 10.7 Å². The molecule has 0 aliphatic carbocycles. The highest BCUT2D eigenvalue weighted by Crippen LogP contribution is 2.31. The van der Waals surface area contributed by atoms with E-state index in [-0.39, 0.29) is 5.70 Å². The molecule has 0 atom stereocenters. The number of furan rings is 1. The van der Waals surface area contributed by atoms with E-state index in [1.54, 1.807) is 60.7 Å². The molecule has 0 saturated carbocycles. The van der Waals surface area contributed by atoms with Crippen LogP contribution in [-0.2, 0) is 4.79 Å². The van der Waals surface area contributed by atoms with Gasteiger partial charge in [-0.3, -0.25) is 9.59 Å². The number of hydrogen-bond acceptors (Lipinski definition) is 5. The molecule has 0 saturated heterocycles. The molecule has 34 heavy (non-hydrogen) atoms. The molecule has 9 heteroatoms. The molecule has 0 fully saturated rings. The second-order valence-corrected chi connectivity index (χ2v) is 8.74. The van der Waals surface area contributed by atoms with E-state index < -0.39 is 11.8 Å². The summed E-state index contributed by atoms with van der Waals surface area (Å²) in [6, 6.07) is 20.8. The van der Waals surface area contributed by atoms with Crippen molar-refractivity contribution in [1.29, 1.82) is 0 Å². The molecule has 4 rings (SSSR count). The molecule has 2 aromatic carbocycles. The minimum atomic E-state index is -0.582. The molecule has 0 bridgehead atoms. The first kappa shape index (κ1) is 23.5. The van der Waals surface area contributed by atoms with E-state index in [2.05, 4.69) is 15.8 Å². The first-order valence-corrected chi connectivity index (χ1v) is 11.6. The van der Waals surface area contributed by atoms with Gasteiger partial charge in [0.1, 0.15) is 17.2 Å². The number of thiophene rings is 1. The third-order valence-electron chi connectivity index (χ3n) is 4.54. The highest BCUT2D eigenvalue weighted by atomic mass is 35.5. The molecule has 2 N–H and O–H groups in total. The Morgan fingerprint density at radius 1 is 0.971 bits per heavy atom. The molecule has 2 aromatic heterocycles. The van der Waals surface area contributed by atoms with Crippen LogP contribution in [-0.4, -0.2) is 18.0 Å². The van der Waals surface area contributed by atoms with Crippen molar-refractivity contribution in [2.45, 2.75) is 0 Å². The van der Waals surface area contributed by atoms with E-state index in [4.69, 9.17) is 27.6 Å². The molecule has 0 spiro atoms. The zero-order chi connectivity index (χ0) is 23.9. The third-order valence-corrected chi connectivity index (χ3v) is 5.91. The molecule has 170 valence electrons. The van der Waals surface area contributed by atoms with E-state index in [0.717, 1.165) is 4.88 Å². The summed E-state index contributed by atoms with van der Waals surface area (Å²) in [7, 11) is 0. The van der Waals surface area contributed by atoms with Gasteiger partial charge in [-0.1, -0.05) is 47.5 Å². The van der Waals surface area contributed by atoms with Crippen molar-refractivity contribution in [2.75, 3.05) is 0 Å². The van der Waals surface area contributed by atoms with Crippen LogP contribution >= 0.6 is 34.5 Å². The summed E-state index contributed by atoms with van der Waals surface area (Å²) < 4.78 is 5.73. The van der Waals surface area contributed by atoms with Gasteiger partial charge in [-0.2, -0.15) is 5.10 Å². The average Bonchev–Trinajstić information content (AvgIpc) is 3.51. The number of carbonyl (C=O) groups excluding carboxylic acids is 2. The van der Waals surface area contributed by atoms with Crippen LogP contribution in [0.25, 0.3) is 17.4 Å². The molecular weight excluding hydrogens is 493 g/mol. The van der Waals surface area contributed by atoms with Gasteiger partial charge in [0.2, 0.25) is 0 Å². The second-order valence-electron chi connectivity index (χ2n) is 6.92. The SMILES string of the molecule is O=C(NN=Cc1ccc(-c2ccc(Cl)cc2Cl)o1)C(=Cc1cccs1)NC(=O)c1ccccc1. The Bertz CT molecular complexity index is 1360. The van der Waals surface area contributed by atoms with Crippen LogP contribution in [0.2, 0.25) is 10.0 Å². The van der Waals surface area contributed by atoms with Gasteiger partial charge in [-0.25, -0.2) is 5.43 Å². The van der Waals surface area contributed by atoms with Gasteiger partial charge in [0.25, 0.3) is 11.8 Å². The fraction of sp³-hybridized carbons (Fsp3) is 0. The summed E-state index contributed by atoms with van der Waals surface area (Å²) in [5.74, 6) is -0.0548. The molecule has 0 aliphatic rings. The molecule has 0 unspecified atom stereocenters. The Kier molecular flexibility index (Phi) is 7.59. The number of amides is 2. The lowest BCUT2D eigenvalue weighted by Gasteiger charge is -2.08. The van der Waals surface area contributed by atoms with Gasteiger partial charge in [-0.05, 0) is 60.0 Å². The maximum atomic E-state index is 12.8. The fourth-order valence-electron chi connectivity index (χ4n) is 2.93. The highest BCUT2D eigenvalue weighted by Gasteiger charge is 2.15. The van der Waals surface area contributed by atoms with Crippen LogP contribution in [0, 0.1) is 0 Å². The lowest BCUT2D eigenvalue weighted by molar-refractivity contribution is -0.117. The van der Waals surface area contributed by atoms with Crippen molar-refractivity contribution in [2.24, 2.45) is 5.10 Å². The smallest absolute Gasteiger partial charge is 0.287 e. The average molecular weight is 510 g/mol. The highest BCUT2D eigenvalue weighted by molar-refractivity contribution is 7.10. The largest absolute Gasteiger partial charge is 0.455 e. The van der Waals surface area contributed by atoms with Crippen LogP contribution in [0.15, 0.2) is 93.4 Å². The Morgan fingerprint density at radius 2 is 1.79 bits per heavy atom. The zero-order valence-corrected chi connectivity index (χ0v) is 19.8. The summed E-state index contributed by atoms with van der Waals surface area (Å²) in [6.07, 6.45) is 2.94. The number of nitrogens with one attached hydrogen (secondary N) is 2. The Hall–Kier alpha value is -3.65. The van der Waals surface area contributed by atoms with Crippen molar-refractivity contribution < 1.29 is 14.0 Å². The van der Waals surface area contributed by atoms with Gasteiger partial charge in [0, 0.05) is 21.0 Å². The van der Waals surface area contributed by atoms with Crippen LogP contribution in [0.1, 0.15) is 21.0 Å². The van der Waals surface area contributed by atoms with Gasteiger partial charge in [0.15, 0.2) is 0 Å². The van der Waals surface area contributed by atoms with E-state index in [1.165, 1.54) is 17.6 Å². The van der Waals surface area contributed by atoms with Crippen molar-refractivity contribution in [1.82, 2.24) is 10.7 Å². The van der Waals surface area contributed by atoms with Gasteiger partial charge >= 0.3 is 0 Å². The van der Waals surface area contributed by atoms with Crippen molar-refractivity contribution in [3.8, 4) is 11.3 Å². The molecule has 0 aliphatic heterocycles. The summed E-state index contributed by atoms with van der Waals surface area (Å²) in [5.41, 5.74) is 3.58. The second kappa shape index (κ2) is 11.0. The first-order chi connectivity index (χ1) is 16.5. The Morgan fingerprint density at radius 3 is 2.53 bits per heavy atom. The number of nitrogens with zero attached hydrogens (tertiary/aromatic N) is 1. The van der Waals surface area contributed by atoms with E-state index in [9.17, 15) is 9.59 Å². The van der Waals surface area contributed by atoms with Crippen LogP contribution in [0.4, 0.5) is 0 Å². The fourth-order valence-corrected chi connectivity index (χ4v) is 4.09. The normalized spacial score (nSPS) is 11.5. The lowest BCUT2D eigenvalue weighted by atomic mass is 10.2. The molecule has 4 aromatic rings. The Balaban J connectivity index is 1.46. The number of benzene rings is 2. The quantitative estimate of drug-likeness (QED) is 0.176. The number of rotatable bonds is 7. The predicted octanol–water partition coefficient (Wildman–Crippen LogP) is 6.24. The topological polar surface area (TPSA) is 83.7 Å². The van der Waals surface area contributed by atoms with Gasteiger partial charge in [-0.15, -0.1) is 11.3 Å². The van der Waals surface area contributed by atoms with Crippen molar-refractivity contribution >= 4 is 58.6 Å². The first-order valence-electron chi connectivity index (χ1n) is 10.00. The summed E-state index contributed by atoms with van der Waals surface area (Å²) in [5, 5.41) is 9.46. The molecule has 6 nitrogen and oxygen atoms in total. The van der Waals surface area contributed by atoms with E-state index in [1.807, 2.05) is 23.6 Å². The van der Waals surface area contributed by atoms with E-state index in [0.29, 0.717) is 32.7 Å². The predicted molar refractivity (Wildman–Crippen MR) is 136 cm³/mol. The molecule has 2 amide bonds. The zero-order valence-electron chi connectivity index (χ0n) is 17.5. The van der Waals surface area contributed by atoms with Crippen molar-refractivity contribution in [3.63, 3.8) is 0 Å². The van der Waals surface area contributed by atoms with Gasteiger partial charge in [0.05, 0.1) is 11.2 Å². The number of hydrazone groups is 1. The molecule has 2 heterocycles. The monoisotopic (exact) mass is 509 g/mol.